The summed E-state index contributed by atoms with van der Waals surface area (Å²) >= 11 is 0. The maximum Gasteiger partial charge on any atom is 0.516 e. The van der Waals surface area contributed by atoms with Gasteiger partial charge in [-0.3, -0.25) is 38.3 Å². The Morgan fingerprint density at radius 3 is 1.47 bits per heavy atom. The van der Waals surface area contributed by atoms with Gasteiger partial charge < -0.3 is 14.6 Å². The number of sulfonamides is 2. The van der Waals surface area contributed by atoms with E-state index in [1.54, 1.807) is 20.8 Å². The van der Waals surface area contributed by atoms with Crippen LogP contribution in [0.5, 0.6) is 0 Å². The number of carbonyl (C=O) groups is 7. The molecule has 0 heterocycles. The molecule has 15 unspecified atom stereocenters. The lowest BCUT2D eigenvalue weighted by Crippen LogP contribution is -2.45. The van der Waals surface area contributed by atoms with Crippen LogP contribution >= 0.6 is 0 Å². The monoisotopic (exact) mass is 1120 g/mol. The van der Waals surface area contributed by atoms with Crippen molar-refractivity contribution in [1.29, 1.82) is 0 Å². The summed E-state index contributed by atoms with van der Waals surface area (Å²) in [6, 6.07) is 0. The van der Waals surface area contributed by atoms with E-state index < -0.39 is 60.0 Å². The van der Waals surface area contributed by atoms with E-state index in [1.807, 2.05) is 41.5 Å². The fraction of sp³-hybridized carbons (Fsp3) is 0.868. The van der Waals surface area contributed by atoms with Gasteiger partial charge >= 0.3 is 27.5 Å². The number of halogens is 4. The number of ether oxygens (including phenoxy) is 2. The molecule has 6 aliphatic rings. The van der Waals surface area contributed by atoms with Crippen LogP contribution in [0, 0.1) is 82.3 Å². The van der Waals surface area contributed by atoms with E-state index >= 15 is 0 Å². The summed E-state index contributed by atoms with van der Waals surface area (Å²) < 4.78 is 107. The van der Waals surface area contributed by atoms with Gasteiger partial charge in [0, 0.05) is 30.1 Å². The summed E-state index contributed by atoms with van der Waals surface area (Å²) in [7, 11) is -8.99. The smallest absolute Gasteiger partial charge is 0.462 e. The molecule has 6 saturated carbocycles. The highest BCUT2D eigenvalue weighted by molar-refractivity contribution is 7.90. The molecule has 6 aliphatic carbocycles. The number of esters is 2. The second-order valence-electron chi connectivity index (χ2n) is 22.6. The SMILES string of the molecule is C.C.CC1C(=O)CC(=O)C1C.CC1C2CC(C(=O)NS(=O)(=O)C(F)(F)F)C(C2)C1C.CC1C2CC(C(=O)NS(C)(=O)=O)C(C2)C1C.CCC(C)(C)C(=O)OCCOC(=O)CC(C)=O.CCC1CC(C)(O)CC1(F)CC. The molecule has 0 aliphatic heterocycles. The Hall–Kier alpha value is -3.53. The van der Waals surface area contributed by atoms with Crippen molar-refractivity contribution in [3.63, 3.8) is 0 Å². The molecule has 438 valence electrons. The van der Waals surface area contributed by atoms with E-state index in [0.29, 0.717) is 67.6 Å². The van der Waals surface area contributed by atoms with Gasteiger partial charge in [-0.15, -0.1) is 0 Å². The molecule has 2 amide bonds. The number of hydrogen-bond donors (Lipinski definition) is 3. The lowest BCUT2D eigenvalue weighted by atomic mass is 9.75. The number of ketones is 3. The fourth-order valence-electron chi connectivity index (χ4n) is 11.4. The Labute approximate surface area is 445 Å². The first-order valence-corrected chi connectivity index (χ1v) is 29.0. The molecule has 6 rings (SSSR count). The number of nitrogens with one attached hydrogen (secondary N) is 2. The van der Waals surface area contributed by atoms with Crippen LogP contribution in [0.3, 0.4) is 0 Å². The van der Waals surface area contributed by atoms with Crippen molar-refractivity contribution in [3.05, 3.63) is 0 Å². The van der Waals surface area contributed by atoms with Crippen LogP contribution in [0.1, 0.15) is 175 Å². The highest BCUT2D eigenvalue weighted by Gasteiger charge is 2.55. The summed E-state index contributed by atoms with van der Waals surface area (Å²) in [5, 5.41) is 9.72. The molecule has 4 bridgehead atoms. The Kier molecular flexibility index (Phi) is 27.0. The molecule has 0 radical (unpaired) electrons. The van der Waals surface area contributed by atoms with Gasteiger partial charge in [0.05, 0.1) is 23.7 Å². The third kappa shape index (κ3) is 19.7. The number of amides is 2. The van der Waals surface area contributed by atoms with Crippen molar-refractivity contribution < 1.29 is 82.5 Å². The van der Waals surface area contributed by atoms with Crippen LogP contribution in [0.4, 0.5) is 17.6 Å². The van der Waals surface area contributed by atoms with Crippen molar-refractivity contribution in [1.82, 2.24) is 9.44 Å². The maximum atomic E-state index is 14.0. The van der Waals surface area contributed by atoms with Gasteiger partial charge in [-0.05, 0) is 126 Å². The van der Waals surface area contributed by atoms with Crippen LogP contribution in [0.2, 0.25) is 0 Å². The summed E-state index contributed by atoms with van der Waals surface area (Å²) in [6.45, 7) is 24.5. The van der Waals surface area contributed by atoms with Crippen LogP contribution in [0.25, 0.3) is 0 Å². The summed E-state index contributed by atoms with van der Waals surface area (Å²) in [5.74, 6) is 0.191. The Bertz CT molecular complexity index is 2180. The Morgan fingerprint density at radius 1 is 0.733 bits per heavy atom. The first-order chi connectivity index (χ1) is 33.2. The first-order valence-electron chi connectivity index (χ1n) is 25.6. The summed E-state index contributed by atoms with van der Waals surface area (Å²) in [5.41, 5.74) is -7.85. The Balaban J connectivity index is 0.000000924. The average Bonchev–Trinajstić information content (AvgIpc) is 4.11. The van der Waals surface area contributed by atoms with E-state index in [4.69, 9.17) is 9.47 Å². The zero-order valence-corrected chi connectivity index (χ0v) is 46.9. The maximum absolute atomic E-state index is 14.0. The van der Waals surface area contributed by atoms with Crippen molar-refractivity contribution in [2.75, 3.05) is 19.5 Å². The van der Waals surface area contributed by atoms with Crippen molar-refractivity contribution in [3.8, 4) is 0 Å². The first kappa shape index (κ1) is 71.5. The van der Waals surface area contributed by atoms with Crippen molar-refractivity contribution in [2.24, 2.45) is 82.3 Å². The van der Waals surface area contributed by atoms with Crippen molar-refractivity contribution >= 4 is 61.1 Å². The molecule has 3 N–H and O–H groups in total. The number of fused-ring (bicyclic) bond motifs is 4. The van der Waals surface area contributed by atoms with Crippen LogP contribution in [0.15, 0.2) is 0 Å². The topological polar surface area (TPSA) is 251 Å². The molecule has 6 fully saturated rings. The predicted molar refractivity (Wildman–Crippen MR) is 278 cm³/mol. The zero-order valence-electron chi connectivity index (χ0n) is 45.3. The largest absolute Gasteiger partial charge is 0.516 e. The molecule has 16 nitrogen and oxygen atoms in total. The number of hydrogen-bond acceptors (Lipinski definition) is 14. The third-order valence-corrected chi connectivity index (χ3v) is 18.6. The van der Waals surface area contributed by atoms with Gasteiger partial charge in [0.25, 0.3) is 0 Å². The van der Waals surface area contributed by atoms with Gasteiger partial charge in [0.15, 0.2) is 0 Å². The van der Waals surface area contributed by atoms with Gasteiger partial charge in [-0.25, -0.2) is 17.5 Å². The minimum absolute atomic E-state index is 0. The molecular formula is C53H92F4N2O14S2. The minimum Gasteiger partial charge on any atom is -0.462 e. The van der Waals surface area contributed by atoms with E-state index in [1.165, 1.54) is 11.6 Å². The molecule has 15 atom stereocenters. The molecule has 0 saturated heterocycles. The summed E-state index contributed by atoms with van der Waals surface area (Å²) in [6.07, 6.45) is 7.16. The van der Waals surface area contributed by atoms with Gasteiger partial charge in [-0.1, -0.05) is 83.6 Å². The summed E-state index contributed by atoms with van der Waals surface area (Å²) in [4.78, 5) is 78.2. The highest BCUT2D eigenvalue weighted by Crippen LogP contribution is 2.56. The van der Waals surface area contributed by atoms with E-state index in [2.05, 4.69) is 25.5 Å². The van der Waals surface area contributed by atoms with E-state index in [9.17, 15) is 73.1 Å². The van der Waals surface area contributed by atoms with Crippen LogP contribution in [-0.4, -0.2) is 99.3 Å². The molecule has 0 aromatic heterocycles. The molecule has 0 aromatic rings. The van der Waals surface area contributed by atoms with E-state index in [0.717, 1.165) is 31.9 Å². The number of rotatable bonds is 13. The third-order valence-electron chi connectivity index (χ3n) is 17.0. The lowest BCUT2D eigenvalue weighted by molar-refractivity contribution is -0.159. The molecular weight excluding hydrogens is 1030 g/mol. The van der Waals surface area contributed by atoms with Crippen LogP contribution < -0.4 is 9.44 Å². The quantitative estimate of drug-likeness (QED) is 0.0673. The molecule has 0 aromatic carbocycles. The zero-order chi connectivity index (χ0) is 56.6. The lowest BCUT2D eigenvalue weighted by Gasteiger charge is -2.30. The number of carbonyl (C=O) groups excluding carboxylic acids is 7. The number of alkyl halides is 4. The average molecular weight is 1120 g/mol. The number of Topliss-reactive ketones (excluding diaryl/α,β-unsaturated/α-hetero) is 3. The van der Waals surface area contributed by atoms with Gasteiger partial charge in [0.1, 0.15) is 42.7 Å². The standard InChI is InChI=1S/C12H20O5.C11H16F3NO3S.C11H19NO3S.C10H19FO.C7H10O2.2CH4/c1-5-12(3,4)11(15)17-7-6-16-10(14)8-9(2)13;1-5-6(2)8-3-7(5)4-9(8)10(16)15-19(17,18)11(12,13)14;1-6-7(2)9-4-8(6)5-10(9)11(13)12-16(3,14)15;1-4-8-6-9(3,12)7-10(8,11)5-2;1-4-5(2)7(9)3-6(4)8;;/h5-8H2,1-4H3;5-9H,3-4H2,1-2H3,(H,15,16);6-10H,4-5H2,1-3H3,(H,12,13);8,12H,4-7H2,1-3H3;4-5H,3H2,1-2H3;2*1H4. The molecule has 22 heteroatoms. The normalized spacial score (nSPS) is 33.2. The predicted octanol–water partition coefficient (Wildman–Crippen LogP) is 9.11. The second-order valence-corrected chi connectivity index (χ2v) is 26.0. The number of aliphatic hydroxyl groups is 1. The molecule has 75 heavy (non-hydrogen) atoms. The minimum atomic E-state index is -5.58. The van der Waals surface area contributed by atoms with Crippen LogP contribution in [-0.2, 0) is 63.1 Å². The van der Waals surface area contributed by atoms with Gasteiger partial charge in [0.2, 0.25) is 21.8 Å². The Morgan fingerprint density at radius 2 is 1.16 bits per heavy atom. The van der Waals surface area contributed by atoms with Gasteiger partial charge in [-0.2, -0.15) is 21.6 Å². The highest BCUT2D eigenvalue weighted by atomic mass is 32.2. The van der Waals surface area contributed by atoms with Crippen molar-refractivity contribution in [2.45, 2.75) is 192 Å². The van der Waals surface area contributed by atoms with E-state index in [-0.39, 0.29) is 106 Å². The fourth-order valence-corrected chi connectivity index (χ4v) is 12.5. The second kappa shape index (κ2) is 28.4. The molecule has 0 spiro atoms.